The molecule has 0 saturated carbocycles. The van der Waals surface area contributed by atoms with E-state index < -0.39 is 11.2 Å². The highest BCUT2D eigenvalue weighted by Crippen LogP contribution is 2.42. The molecule has 24 heavy (non-hydrogen) atoms. The van der Waals surface area contributed by atoms with Crippen molar-refractivity contribution in [2.75, 3.05) is 0 Å². The molecule has 2 aromatic heterocycles. The van der Waals surface area contributed by atoms with E-state index >= 15 is 0 Å². The SMILES string of the molecule is Cc1cc2c3c(c1)c1oc(=O)cc(O)c1c(=O)n3C(C)(C)C[C@H]2C. The minimum absolute atomic E-state index is 0.0706. The number of aryl methyl sites for hydroxylation is 1. The average molecular weight is 325 g/mol. The van der Waals surface area contributed by atoms with Crippen LogP contribution in [0, 0.1) is 6.92 Å². The van der Waals surface area contributed by atoms with Gasteiger partial charge in [0.2, 0.25) is 0 Å². The van der Waals surface area contributed by atoms with Gasteiger partial charge in [-0.2, -0.15) is 0 Å². The third-order valence-electron chi connectivity index (χ3n) is 5.05. The van der Waals surface area contributed by atoms with Crippen molar-refractivity contribution >= 4 is 21.9 Å². The van der Waals surface area contributed by atoms with E-state index in [-0.39, 0.29) is 28.2 Å². The largest absolute Gasteiger partial charge is 0.507 e. The Morgan fingerprint density at radius 1 is 1.25 bits per heavy atom. The maximum atomic E-state index is 13.1. The van der Waals surface area contributed by atoms with E-state index in [1.165, 1.54) is 0 Å². The number of aromatic nitrogens is 1. The predicted molar refractivity (Wildman–Crippen MR) is 93.0 cm³/mol. The van der Waals surface area contributed by atoms with E-state index in [1.807, 2.05) is 26.8 Å². The quantitative estimate of drug-likeness (QED) is 0.643. The first-order valence-corrected chi connectivity index (χ1v) is 8.07. The van der Waals surface area contributed by atoms with Crippen LogP contribution in [0.15, 0.2) is 32.2 Å². The van der Waals surface area contributed by atoms with E-state index in [1.54, 1.807) is 4.57 Å². The summed E-state index contributed by atoms with van der Waals surface area (Å²) >= 11 is 0. The molecular weight excluding hydrogens is 306 g/mol. The Labute approximate surface area is 138 Å². The van der Waals surface area contributed by atoms with Gasteiger partial charge in [0.25, 0.3) is 5.56 Å². The standard InChI is InChI=1S/C19H19NO4/c1-9-5-11-10(2)8-19(3,4)20-16(11)12(6-9)17-15(18(20)23)13(21)7-14(22)24-17/h5-7,10,21H,8H2,1-4H3/t10-/m1/s1. The highest BCUT2D eigenvalue weighted by atomic mass is 16.4. The topological polar surface area (TPSA) is 72.4 Å². The van der Waals surface area contributed by atoms with Gasteiger partial charge < -0.3 is 14.1 Å². The van der Waals surface area contributed by atoms with Crippen LogP contribution in [0.5, 0.6) is 5.75 Å². The van der Waals surface area contributed by atoms with E-state index in [0.29, 0.717) is 5.39 Å². The molecular formula is C19H19NO4. The Morgan fingerprint density at radius 3 is 2.67 bits per heavy atom. The lowest BCUT2D eigenvalue weighted by Gasteiger charge is -2.38. The fraction of sp³-hybridized carbons (Fsp3) is 0.368. The Kier molecular flexibility index (Phi) is 2.81. The van der Waals surface area contributed by atoms with Crippen LogP contribution in [-0.4, -0.2) is 9.67 Å². The second-order valence-electron chi connectivity index (χ2n) is 7.46. The molecule has 5 heteroatoms. The van der Waals surface area contributed by atoms with Gasteiger partial charge in [-0.3, -0.25) is 4.79 Å². The monoisotopic (exact) mass is 325 g/mol. The van der Waals surface area contributed by atoms with Crippen molar-refractivity contribution < 1.29 is 9.52 Å². The van der Waals surface area contributed by atoms with Crippen molar-refractivity contribution in [2.45, 2.75) is 45.6 Å². The zero-order chi connectivity index (χ0) is 17.4. The first-order chi connectivity index (χ1) is 11.2. The van der Waals surface area contributed by atoms with Crippen LogP contribution in [0.25, 0.3) is 21.9 Å². The van der Waals surface area contributed by atoms with Gasteiger partial charge >= 0.3 is 5.63 Å². The third-order valence-corrected chi connectivity index (χ3v) is 5.05. The van der Waals surface area contributed by atoms with Crippen molar-refractivity contribution in [3.8, 4) is 5.75 Å². The van der Waals surface area contributed by atoms with E-state index in [9.17, 15) is 14.7 Å². The van der Waals surface area contributed by atoms with Crippen LogP contribution in [0.2, 0.25) is 0 Å². The molecule has 1 aliphatic heterocycles. The molecule has 3 heterocycles. The van der Waals surface area contributed by atoms with Gasteiger partial charge in [-0.25, -0.2) is 4.79 Å². The lowest BCUT2D eigenvalue weighted by Crippen LogP contribution is -2.41. The first kappa shape index (κ1) is 15.0. The van der Waals surface area contributed by atoms with Gasteiger partial charge in [-0.1, -0.05) is 13.0 Å². The number of rotatable bonds is 0. The molecule has 1 atom stereocenters. The van der Waals surface area contributed by atoms with Gasteiger partial charge in [-0.05, 0) is 50.3 Å². The Bertz CT molecular complexity index is 1130. The van der Waals surface area contributed by atoms with Gasteiger partial charge in [0.1, 0.15) is 11.1 Å². The van der Waals surface area contributed by atoms with Crippen molar-refractivity contribution in [3.05, 3.63) is 50.1 Å². The fourth-order valence-corrected chi connectivity index (χ4v) is 4.22. The molecule has 0 unspecified atom stereocenters. The summed E-state index contributed by atoms with van der Waals surface area (Å²) in [4.78, 5) is 24.9. The summed E-state index contributed by atoms with van der Waals surface area (Å²) in [6, 6.07) is 4.95. The van der Waals surface area contributed by atoms with E-state index in [0.717, 1.165) is 29.1 Å². The summed E-state index contributed by atoms with van der Waals surface area (Å²) in [5, 5.41) is 11.0. The summed E-state index contributed by atoms with van der Waals surface area (Å²) in [6.07, 6.45) is 0.821. The summed E-state index contributed by atoms with van der Waals surface area (Å²) in [6.45, 7) is 8.17. The molecule has 0 amide bonds. The van der Waals surface area contributed by atoms with Crippen molar-refractivity contribution in [1.29, 1.82) is 0 Å². The second-order valence-corrected chi connectivity index (χ2v) is 7.46. The Morgan fingerprint density at radius 2 is 1.96 bits per heavy atom. The van der Waals surface area contributed by atoms with Crippen LogP contribution < -0.4 is 11.2 Å². The van der Waals surface area contributed by atoms with Gasteiger partial charge in [0.05, 0.1) is 11.6 Å². The molecule has 0 radical (unpaired) electrons. The van der Waals surface area contributed by atoms with Crippen LogP contribution in [-0.2, 0) is 5.54 Å². The smallest absolute Gasteiger partial charge is 0.339 e. The number of benzene rings is 1. The van der Waals surface area contributed by atoms with Crippen molar-refractivity contribution in [3.63, 3.8) is 0 Å². The molecule has 5 nitrogen and oxygen atoms in total. The van der Waals surface area contributed by atoms with Crippen molar-refractivity contribution in [2.24, 2.45) is 0 Å². The number of nitrogens with zero attached hydrogens (tertiary/aromatic N) is 1. The van der Waals surface area contributed by atoms with Crippen LogP contribution in [0.3, 0.4) is 0 Å². The fourth-order valence-electron chi connectivity index (χ4n) is 4.22. The van der Waals surface area contributed by atoms with Gasteiger partial charge in [0, 0.05) is 10.9 Å². The number of hydrogen-bond acceptors (Lipinski definition) is 4. The minimum Gasteiger partial charge on any atom is -0.507 e. The lowest BCUT2D eigenvalue weighted by molar-refractivity contribution is 0.294. The summed E-state index contributed by atoms with van der Waals surface area (Å²) in [5.74, 6) is -0.0438. The summed E-state index contributed by atoms with van der Waals surface area (Å²) in [5.41, 5.74) is 1.71. The first-order valence-electron chi connectivity index (χ1n) is 8.07. The number of fused-ring (bicyclic) bond motifs is 2. The van der Waals surface area contributed by atoms with Crippen LogP contribution >= 0.6 is 0 Å². The zero-order valence-electron chi connectivity index (χ0n) is 14.1. The van der Waals surface area contributed by atoms with E-state index in [2.05, 4.69) is 13.0 Å². The normalized spacial score (nSPS) is 19.1. The molecule has 124 valence electrons. The second kappa shape index (κ2) is 4.50. The molecule has 0 aliphatic carbocycles. The zero-order valence-corrected chi connectivity index (χ0v) is 14.1. The molecule has 0 saturated heterocycles. The number of hydrogen-bond donors (Lipinski definition) is 1. The van der Waals surface area contributed by atoms with Gasteiger partial charge in [0.15, 0.2) is 5.58 Å². The van der Waals surface area contributed by atoms with Crippen LogP contribution in [0.4, 0.5) is 0 Å². The predicted octanol–water partition coefficient (Wildman–Crippen LogP) is 3.36. The lowest BCUT2D eigenvalue weighted by atomic mass is 9.80. The highest BCUT2D eigenvalue weighted by Gasteiger charge is 2.35. The molecule has 0 fully saturated rings. The molecule has 1 N–H and O–H groups in total. The molecule has 4 rings (SSSR count). The molecule has 0 bridgehead atoms. The van der Waals surface area contributed by atoms with Gasteiger partial charge in [-0.15, -0.1) is 0 Å². The van der Waals surface area contributed by atoms with E-state index in [4.69, 9.17) is 4.42 Å². The number of aromatic hydroxyl groups is 1. The average Bonchev–Trinajstić information content (AvgIpc) is 2.44. The third kappa shape index (κ3) is 1.81. The Hall–Kier alpha value is -2.56. The summed E-state index contributed by atoms with van der Waals surface area (Å²) < 4.78 is 7.09. The van der Waals surface area contributed by atoms with Crippen molar-refractivity contribution in [1.82, 2.24) is 4.57 Å². The molecule has 1 aliphatic rings. The Balaban J connectivity index is 2.43. The number of pyridine rings is 1. The van der Waals surface area contributed by atoms with Crippen LogP contribution in [0.1, 0.15) is 44.2 Å². The molecule has 1 aromatic carbocycles. The maximum Gasteiger partial charge on any atom is 0.339 e. The minimum atomic E-state index is -0.661. The summed E-state index contributed by atoms with van der Waals surface area (Å²) in [7, 11) is 0. The highest BCUT2D eigenvalue weighted by molar-refractivity contribution is 6.05. The molecule has 3 aromatic rings. The maximum absolute atomic E-state index is 13.1. The molecule has 0 spiro atoms.